The molecule has 0 radical (unpaired) electrons. The lowest BCUT2D eigenvalue weighted by molar-refractivity contribution is 0.288. The number of hydrogen-bond acceptors (Lipinski definition) is 2. The van der Waals surface area contributed by atoms with Crippen LogP contribution in [0.2, 0.25) is 0 Å². The van der Waals surface area contributed by atoms with Crippen molar-refractivity contribution < 1.29 is 23.8 Å². The molecule has 0 amide bonds. The highest BCUT2D eigenvalue weighted by molar-refractivity contribution is 7.52. The largest absolute Gasteiger partial charge is 0.508 e. The van der Waals surface area contributed by atoms with Crippen molar-refractivity contribution in [3.63, 3.8) is 0 Å². The summed E-state index contributed by atoms with van der Waals surface area (Å²) in [5.41, 5.74) is 0.653. The molecule has 90 valence electrons. The predicted octanol–water partition coefficient (Wildman–Crippen LogP) is 2.19. The third-order valence-electron chi connectivity index (χ3n) is 2.25. The van der Waals surface area contributed by atoms with E-state index in [0.717, 1.165) is 0 Å². The van der Waals surface area contributed by atoms with Gasteiger partial charge in [-0.15, -0.1) is 0 Å². The minimum absolute atomic E-state index is 0.120. The fraction of sp³-hybridized carbons (Fsp3) is 0.400. The summed E-state index contributed by atoms with van der Waals surface area (Å²) in [5.74, 6) is -1.99. The molecule has 0 aliphatic carbocycles. The maximum atomic E-state index is 12.9. The van der Waals surface area contributed by atoms with Gasteiger partial charge in [0.25, 0.3) is 0 Å². The molecule has 0 saturated carbocycles. The summed E-state index contributed by atoms with van der Waals surface area (Å²) < 4.78 is 23.4. The van der Waals surface area contributed by atoms with Crippen molar-refractivity contribution in [2.45, 2.75) is 25.2 Å². The maximum Gasteiger partial charge on any atom is 0.359 e. The van der Waals surface area contributed by atoms with Crippen molar-refractivity contribution in [1.82, 2.24) is 0 Å². The Morgan fingerprint density at radius 3 is 2.50 bits per heavy atom. The molecule has 1 unspecified atom stereocenters. The highest BCUT2D eigenvalue weighted by Gasteiger charge is 2.27. The van der Waals surface area contributed by atoms with Crippen LogP contribution in [0.15, 0.2) is 24.3 Å². The van der Waals surface area contributed by atoms with Crippen LogP contribution in [0.25, 0.3) is 0 Å². The summed E-state index contributed by atoms with van der Waals surface area (Å²) in [5, 5.41) is 9.39. The quantitative estimate of drug-likeness (QED) is 0.698. The van der Waals surface area contributed by atoms with Crippen LogP contribution in [0.5, 0.6) is 5.75 Å². The highest BCUT2D eigenvalue weighted by atomic mass is 31.2. The second kappa shape index (κ2) is 5.43. The average Bonchev–Trinajstić information content (AvgIpc) is 2.19. The van der Waals surface area contributed by atoms with E-state index in [-0.39, 0.29) is 18.6 Å². The third-order valence-corrected chi connectivity index (χ3v) is 3.23. The molecule has 4 nitrogen and oxygen atoms in total. The monoisotopic (exact) mass is 248 g/mol. The lowest BCUT2D eigenvalue weighted by Crippen LogP contribution is -2.01. The Morgan fingerprint density at radius 1 is 1.31 bits per heavy atom. The minimum atomic E-state index is -4.62. The van der Waals surface area contributed by atoms with E-state index < -0.39 is 13.5 Å². The summed E-state index contributed by atoms with van der Waals surface area (Å²) in [6, 6.07) is 6.63. The third kappa shape index (κ3) is 3.93. The number of phenolic OH excluding ortho intramolecular Hbond substituents is 1. The Bertz CT molecular complexity index is 390. The zero-order valence-corrected chi connectivity index (χ0v) is 9.48. The molecule has 0 bridgehead atoms. The first-order valence-electron chi connectivity index (χ1n) is 4.87. The molecule has 0 saturated heterocycles. The van der Waals surface area contributed by atoms with E-state index in [4.69, 9.17) is 9.79 Å². The first kappa shape index (κ1) is 13.2. The Morgan fingerprint density at radius 2 is 1.94 bits per heavy atom. The van der Waals surface area contributed by atoms with Gasteiger partial charge in [-0.25, -0.2) is 4.39 Å². The fourth-order valence-electron chi connectivity index (χ4n) is 1.35. The van der Waals surface area contributed by atoms with Crippen molar-refractivity contribution in [1.29, 1.82) is 0 Å². The highest BCUT2D eigenvalue weighted by Crippen LogP contribution is 2.44. The van der Waals surface area contributed by atoms with Crippen LogP contribution in [-0.2, 0) is 11.0 Å². The first-order chi connectivity index (χ1) is 7.41. The number of alkyl halides is 1. The number of aromatic hydroxyl groups is 1. The average molecular weight is 248 g/mol. The molecule has 3 N–H and O–H groups in total. The molecular weight excluding hydrogens is 234 g/mol. The number of phenols is 1. The van der Waals surface area contributed by atoms with Gasteiger partial charge in [0.15, 0.2) is 0 Å². The smallest absolute Gasteiger partial charge is 0.359 e. The predicted molar refractivity (Wildman–Crippen MR) is 58.0 cm³/mol. The second-order valence-electron chi connectivity index (χ2n) is 3.54. The van der Waals surface area contributed by atoms with Gasteiger partial charge >= 0.3 is 7.60 Å². The number of hydrogen-bond donors (Lipinski definition) is 3. The van der Waals surface area contributed by atoms with Crippen molar-refractivity contribution in [3.8, 4) is 5.75 Å². The van der Waals surface area contributed by atoms with Crippen molar-refractivity contribution >= 4 is 7.60 Å². The van der Waals surface area contributed by atoms with Crippen LogP contribution in [0.3, 0.4) is 0 Å². The van der Waals surface area contributed by atoms with Gasteiger partial charge in [0, 0.05) is 0 Å². The summed E-state index contributed by atoms with van der Waals surface area (Å²) in [4.78, 5) is 17.0. The summed E-state index contributed by atoms with van der Waals surface area (Å²) >= 11 is 0. The normalized spacial score (nSPS) is 13.7. The zero-order valence-electron chi connectivity index (χ0n) is 8.58. The van der Waals surface area contributed by atoms with Crippen molar-refractivity contribution in [2.24, 2.45) is 0 Å². The zero-order chi connectivity index (χ0) is 12.2. The van der Waals surface area contributed by atoms with Crippen LogP contribution in [0.4, 0.5) is 4.39 Å². The molecule has 1 aromatic rings. The molecule has 0 fully saturated rings. The van der Waals surface area contributed by atoms with Gasteiger partial charge in [0.1, 0.15) is 5.75 Å². The fourth-order valence-corrected chi connectivity index (χ4v) is 1.87. The molecule has 1 atom stereocenters. The summed E-state index contributed by atoms with van der Waals surface area (Å²) in [6.45, 7) is 0. The van der Waals surface area contributed by atoms with Crippen LogP contribution in [-0.4, -0.2) is 20.8 Å². The minimum Gasteiger partial charge on any atom is -0.508 e. The van der Waals surface area contributed by atoms with Crippen LogP contribution in [0.1, 0.15) is 18.4 Å². The maximum absolute atomic E-state index is 12.9. The van der Waals surface area contributed by atoms with Gasteiger partial charge in [0.2, 0.25) is 5.91 Å². The van der Waals surface area contributed by atoms with Crippen LogP contribution in [0, 0.1) is 0 Å². The van der Waals surface area contributed by atoms with E-state index >= 15 is 0 Å². The molecule has 16 heavy (non-hydrogen) atoms. The van der Waals surface area contributed by atoms with Gasteiger partial charge in [0.05, 0.1) is 0 Å². The summed E-state index contributed by atoms with van der Waals surface area (Å²) in [7, 11) is -4.62. The van der Waals surface area contributed by atoms with E-state index in [9.17, 15) is 14.1 Å². The SMILES string of the molecule is O=P(O)(O)C(F)CCCc1ccccc1O. The first-order valence-corrected chi connectivity index (χ1v) is 6.55. The number of aryl methyl sites for hydroxylation is 1. The van der Waals surface area contributed by atoms with Gasteiger partial charge in [-0.05, 0) is 30.9 Å². The van der Waals surface area contributed by atoms with Crippen LogP contribution >= 0.6 is 7.60 Å². The van der Waals surface area contributed by atoms with E-state index in [1.54, 1.807) is 18.2 Å². The van der Waals surface area contributed by atoms with E-state index in [2.05, 4.69) is 0 Å². The van der Waals surface area contributed by atoms with E-state index in [1.165, 1.54) is 6.07 Å². The topological polar surface area (TPSA) is 77.8 Å². The Hall–Kier alpha value is -0.900. The van der Waals surface area contributed by atoms with E-state index in [1.807, 2.05) is 0 Å². The van der Waals surface area contributed by atoms with Gasteiger partial charge in [-0.2, -0.15) is 0 Å². The molecule has 1 aromatic carbocycles. The summed E-state index contributed by atoms with van der Waals surface area (Å²) in [6.07, 6.45) is 0.468. The standard InChI is InChI=1S/C10H14FO4P/c11-10(16(13,14)15)7-3-5-8-4-1-2-6-9(8)12/h1-2,4,6,10,12H,3,5,7H2,(H2,13,14,15). The number of rotatable bonds is 5. The Labute approximate surface area is 92.9 Å². The Kier molecular flexibility index (Phi) is 4.47. The van der Waals surface area contributed by atoms with E-state index in [0.29, 0.717) is 12.0 Å². The number of benzene rings is 1. The molecule has 0 aliphatic rings. The van der Waals surface area contributed by atoms with Gasteiger partial charge < -0.3 is 14.9 Å². The Balaban J connectivity index is 2.43. The van der Waals surface area contributed by atoms with Gasteiger partial charge in [-0.3, -0.25) is 4.57 Å². The second-order valence-corrected chi connectivity index (χ2v) is 5.28. The number of para-hydroxylation sites is 1. The molecular formula is C10H14FO4P. The number of halogens is 1. The lowest BCUT2D eigenvalue weighted by atomic mass is 10.1. The molecule has 6 heteroatoms. The lowest BCUT2D eigenvalue weighted by Gasteiger charge is -2.09. The molecule has 0 heterocycles. The van der Waals surface area contributed by atoms with Crippen LogP contribution < -0.4 is 0 Å². The molecule has 0 aromatic heterocycles. The molecule has 1 rings (SSSR count). The molecule has 0 aliphatic heterocycles. The van der Waals surface area contributed by atoms with Gasteiger partial charge in [-0.1, -0.05) is 18.2 Å². The van der Waals surface area contributed by atoms with Crippen molar-refractivity contribution in [2.75, 3.05) is 0 Å². The van der Waals surface area contributed by atoms with Crippen molar-refractivity contribution in [3.05, 3.63) is 29.8 Å². The molecule has 0 spiro atoms.